The summed E-state index contributed by atoms with van der Waals surface area (Å²) in [4.78, 5) is 25.5. The van der Waals surface area contributed by atoms with E-state index in [0.29, 0.717) is 44.0 Å². The molecule has 0 unspecified atom stereocenters. The third-order valence-corrected chi connectivity index (χ3v) is 8.22. The van der Waals surface area contributed by atoms with Crippen molar-refractivity contribution in [2.24, 2.45) is 0 Å². The number of anilines is 1. The Bertz CT molecular complexity index is 1110. The molecule has 2 aromatic rings. The minimum atomic E-state index is -3.54. The zero-order valence-electron chi connectivity index (χ0n) is 19.2. The molecule has 0 bridgehead atoms. The largest absolute Gasteiger partial charge is 0.379 e. The molecule has 1 aliphatic heterocycles. The first kappa shape index (κ1) is 24.4. The van der Waals surface area contributed by atoms with E-state index >= 15 is 0 Å². The Labute approximate surface area is 200 Å². The third-order valence-electron chi connectivity index (χ3n) is 6.31. The molecule has 1 saturated heterocycles. The summed E-state index contributed by atoms with van der Waals surface area (Å²) in [7, 11) is -3.54. The number of nitrogens with zero attached hydrogens (tertiary/aromatic N) is 1. The molecule has 34 heavy (non-hydrogen) atoms. The Hall–Kier alpha value is -2.75. The summed E-state index contributed by atoms with van der Waals surface area (Å²) >= 11 is 0. The Morgan fingerprint density at radius 2 is 1.65 bits per heavy atom. The molecule has 9 heteroatoms. The van der Waals surface area contributed by atoms with Gasteiger partial charge in [0.25, 0.3) is 5.91 Å². The highest BCUT2D eigenvalue weighted by molar-refractivity contribution is 7.89. The second-order valence-corrected chi connectivity index (χ2v) is 10.6. The molecule has 4 rings (SSSR count). The lowest BCUT2D eigenvalue weighted by atomic mass is 10.1. The maximum absolute atomic E-state index is 12.7. The second kappa shape index (κ2) is 11.1. The average molecular weight is 486 g/mol. The van der Waals surface area contributed by atoms with Crippen LogP contribution in [-0.4, -0.2) is 56.9 Å². The fraction of sp³-hybridized carbons (Fsp3) is 0.440. The molecule has 1 heterocycles. The minimum absolute atomic E-state index is 0.167. The maximum Gasteiger partial charge on any atom is 0.253 e. The van der Waals surface area contributed by atoms with Gasteiger partial charge in [-0.15, -0.1) is 0 Å². The number of benzene rings is 2. The molecule has 2 N–H and O–H groups in total. The molecule has 0 atom stereocenters. The van der Waals surface area contributed by atoms with Crippen molar-refractivity contribution < 1.29 is 22.7 Å². The summed E-state index contributed by atoms with van der Waals surface area (Å²) in [5.74, 6) is -0.369. The molecule has 0 radical (unpaired) electrons. The molecule has 1 aliphatic carbocycles. The Morgan fingerprint density at radius 1 is 0.971 bits per heavy atom. The van der Waals surface area contributed by atoms with Crippen molar-refractivity contribution in [1.29, 1.82) is 0 Å². The van der Waals surface area contributed by atoms with Crippen molar-refractivity contribution in [3.8, 4) is 0 Å². The number of sulfonamides is 1. The number of carbonyl (C=O) groups is 2. The van der Waals surface area contributed by atoms with Gasteiger partial charge in [-0.05, 0) is 49.1 Å². The lowest BCUT2D eigenvalue weighted by Gasteiger charge is -2.26. The lowest BCUT2D eigenvalue weighted by Crippen LogP contribution is -2.40. The molecule has 1 saturated carbocycles. The van der Waals surface area contributed by atoms with Gasteiger partial charge in [0, 0.05) is 25.6 Å². The van der Waals surface area contributed by atoms with E-state index in [1.54, 1.807) is 48.5 Å². The van der Waals surface area contributed by atoms with E-state index in [4.69, 9.17) is 4.74 Å². The van der Waals surface area contributed by atoms with Crippen LogP contribution >= 0.6 is 0 Å². The van der Waals surface area contributed by atoms with E-state index < -0.39 is 10.0 Å². The van der Waals surface area contributed by atoms with Gasteiger partial charge in [0.2, 0.25) is 15.9 Å². The monoisotopic (exact) mass is 485 g/mol. The summed E-state index contributed by atoms with van der Waals surface area (Å²) in [6.07, 6.45) is 4.92. The third kappa shape index (κ3) is 6.02. The number of hydrogen-bond acceptors (Lipinski definition) is 5. The number of ether oxygens (including phenoxy) is 1. The number of carbonyl (C=O) groups excluding carboxylic acids is 2. The number of para-hydroxylation sites is 1. The van der Waals surface area contributed by atoms with Gasteiger partial charge in [0.1, 0.15) is 0 Å². The standard InChI is InChI=1S/C25H31N3O5S/c29-24(27-23-8-4-3-7-22(23)25(30)26-20-5-1-2-6-20)14-11-19-9-12-21(13-10-19)34(31,32)28-15-17-33-18-16-28/h3-4,7-10,12-13,20H,1-2,5-6,11,14-18H2,(H,26,30)(H,27,29). The molecule has 8 nitrogen and oxygen atoms in total. The smallest absolute Gasteiger partial charge is 0.253 e. The van der Waals surface area contributed by atoms with Crippen LogP contribution in [0.15, 0.2) is 53.4 Å². The molecule has 2 aliphatic rings. The van der Waals surface area contributed by atoms with E-state index in [1.807, 2.05) is 0 Å². The summed E-state index contributed by atoms with van der Waals surface area (Å²) in [6.45, 7) is 1.50. The first-order valence-electron chi connectivity index (χ1n) is 11.8. The number of amides is 2. The predicted octanol–water partition coefficient (Wildman–Crippen LogP) is 2.95. The van der Waals surface area contributed by atoms with Crippen LogP contribution in [0.3, 0.4) is 0 Å². The van der Waals surface area contributed by atoms with Crippen LogP contribution in [0.4, 0.5) is 5.69 Å². The lowest BCUT2D eigenvalue weighted by molar-refractivity contribution is -0.116. The summed E-state index contributed by atoms with van der Waals surface area (Å²) < 4.78 is 32.1. The van der Waals surface area contributed by atoms with Crippen LogP contribution in [0.25, 0.3) is 0 Å². The number of nitrogens with one attached hydrogen (secondary N) is 2. The number of rotatable bonds is 8. The highest BCUT2D eigenvalue weighted by Gasteiger charge is 2.26. The van der Waals surface area contributed by atoms with E-state index in [2.05, 4.69) is 10.6 Å². The van der Waals surface area contributed by atoms with Crippen LogP contribution in [0.2, 0.25) is 0 Å². The van der Waals surface area contributed by atoms with E-state index in [1.165, 1.54) is 4.31 Å². The first-order valence-corrected chi connectivity index (χ1v) is 13.2. The number of morpholine rings is 1. The summed E-state index contributed by atoms with van der Waals surface area (Å²) in [6, 6.07) is 13.9. The summed E-state index contributed by atoms with van der Waals surface area (Å²) in [5, 5.41) is 5.91. The molecule has 182 valence electrons. The van der Waals surface area contributed by atoms with Gasteiger partial charge in [-0.1, -0.05) is 37.1 Å². The molecule has 2 amide bonds. The highest BCUT2D eigenvalue weighted by atomic mass is 32.2. The van der Waals surface area contributed by atoms with Crippen LogP contribution in [0.1, 0.15) is 48.0 Å². The van der Waals surface area contributed by atoms with Gasteiger partial charge >= 0.3 is 0 Å². The minimum Gasteiger partial charge on any atom is -0.379 e. The average Bonchev–Trinajstić information content (AvgIpc) is 3.37. The molecule has 0 aromatic heterocycles. The molecule has 2 fully saturated rings. The van der Waals surface area contributed by atoms with Crippen molar-refractivity contribution >= 4 is 27.5 Å². The van der Waals surface area contributed by atoms with Crippen molar-refractivity contribution in [2.75, 3.05) is 31.6 Å². The molecule has 2 aromatic carbocycles. The van der Waals surface area contributed by atoms with E-state index in [-0.39, 0.29) is 29.2 Å². The van der Waals surface area contributed by atoms with Gasteiger partial charge in [0.05, 0.1) is 29.4 Å². The SMILES string of the molecule is O=C(CCc1ccc(S(=O)(=O)N2CCOCC2)cc1)Nc1ccccc1C(=O)NC1CCCC1. The number of hydrogen-bond donors (Lipinski definition) is 2. The fourth-order valence-electron chi connectivity index (χ4n) is 4.36. The highest BCUT2D eigenvalue weighted by Crippen LogP contribution is 2.21. The van der Waals surface area contributed by atoms with Crippen molar-refractivity contribution in [2.45, 2.75) is 49.5 Å². The quantitative estimate of drug-likeness (QED) is 0.598. The van der Waals surface area contributed by atoms with Gasteiger partial charge < -0.3 is 15.4 Å². The van der Waals surface area contributed by atoms with Crippen molar-refractivity contribution in [1.82, 2.24) is 9.62 Å². The molecule has 0 spiro atoms. The van der Waals surface area contributed by atoms with Crippen molar-refractivity contribution in [3.63, 3.8) is 0 Å². The maximum atomic E-state index is 12.7. The normalized spacial score (nSPS) is 17.4. The van der Waals surface area contributed by atoms with Crippen LogP contribution in [0, 0.1) is 0 Å². The topological polar surface area (TPSA) is 105 Å². The van der Waals surface area contributed by atoms with Crippen molar-refractivity contribution in [3.05, 3.63) is 59.7 Å². The van der Waals surface area contributed by atoms with Gasteiger partial charge in [-0.25, -0.2) is 8.42 Å². The van der Waals surface area contributed by atoms with Gasteiger partial charge in [-0.2, -0.15) is 4.31 Å². The van der Waals surface area contributed by atoms with Gasteiger partial charge in [0.15, 0.2) is 0 Å². The number of aryl methyl sites for hydroxylation is 1. The fourth-order valence-corrected chi connectivity index (χ4v) is 5.77. The van der Waals surface area contributed by atoms with Crippen LogP contribution in [-0.2, 0) is 26.0 Å². The van der Waals surface area contributed by atoms with E-state index in [9.17, 15) is 18.0 Å². The first-order chi connectivity index (χ1) is 16.4. The predicted molar refractivity (Wildman–Crippen MR) is 129 cm³/mol. The molecular weight excluding hydrogens is 454 g/mol. The zero-order chi connectivity index (χ0) is 24.0. The Morgan fingerprint density at radius 3 is 2.35 bits per heavy atom. The summed E-state index contributed by atoms with van der Waals surface area (Å²) in [5.41, 5.74) is 1.82. The zero-order valence-corrected chi connectivity index (χ0v) is 20.0. The Balaban J connectivity index is 1.32. The van der Waals surface area contributed by atoms with Crippen LogP contribution < -0.4 is 10.6 Å². The second-order valence-electron chi connectivity index (χ2n) is 8.71. The van der Waals surface area contributed by atoms with Gasteiger partial charge in [-0.3, -0.25) is 9.59 Å². The van der Waals surface area contributed by atoms with E-state index in [0.717, 1.165) is 31.2 Å². The Kier molecular flexibility index (Phi) is 7.97. The molecular formula is C25H31N3O5S. The van der Waals surface area contributed by atoms with Crippen LogP contribution in [0.5, 0.6) is 0 Å².